The molecule has 0 aliphatic rings. The predicted octanol–water partition coefficient (Wildman–Crippen LogP) is 3.35. The number of fused-ring (bicyclic) bond motifs is 1. The highest BCUT2D eigenvalue weighted by Gasteiger charge is 2.16. The molecule has 0 aliphatic heterocycles. The van der Waals surface area contributed by atoms with Crippen molar-refractivity contribution in [2.45, 2.75) is 6.92 Å². The first kappa shape index (κ1) is 19.0. The number of carbonyl (C=O) groups is 2. The summed E-state index contributed by atoms with van der Waals surface area (Å²) in [5, 5.41) is 6.48. The number of nitrogens with one attached hydrogen (secondary N) is 1. The minimum absolute atomic E-state index is 0.0214. The molecule has 0 atom stereocenters. The minimum atomic E-state index is -1.12. The maximum absolute atomic E-state index is 13.4. The lowest BCUT2D eigenvalue weighted by atomic mass is 10.1. The number of ether oxygens (including phenoxy) is 1. The molecule has 0 radical (unpaired) electrons. The van der Waals surface area contributed by atoms with Crippen molar-refractivity contribution in [3.05, 3.63) is 65.2 Å². The van der Waals surface area contributed by atoms with Gasteiger partial charge in [-0.3, -0.25) is 4.79 Å². The molecule has 7 nitrogen and oxygen atoms in total. The molecule has 1 aromatic heterocycles. The van der Waals surface area contributed by atoms with Crippen molar-refractivity contribution in [1.29, 1.82) is 0 Å². The van der Waals surface area contributed by atoms with Crippen molar-refractivity contribution in [1.82, 2.24) is 0 Å². The standard InChI is InChI=1S/C19H14F2N2O5/c1-10(24)28-23-19-13(8-11-4-3-5-16(26-2)17(11)27-19)18(25)22-12-6-7-14(20)15(21)9-12/h3-9H,1-2H3,(H,22,25)/b23-19-. The summed E-state index contributed by atoms with van der Waals surface area (Å²) in [6.07, 6.45) is 0. The van der Waals surface area contributed by atoms with Crippen LogP contribution in [-0.2, 0) is 9.63 Å². The van der Waals surface area contributed by atoms with Gasteiger partial charge in [0.05, 0.1) is 7.11 Å². The van der Waals surface area contributed by atoms with E-state index in [2.05, 4.69) is 15.3 Å². The molecule has 0 bridgehead atoms. The van der Waals surface area contributed by atoms with E-state index in [4.69, 9.17) is 9.15 Å². The second-order valence-electron chi connectivity index (χ2n) is 5.60. The molecule has 1 amide bonds. The molecule has 9 heteroatoms. The van der Waals surface area contributed by atoms with E-state index in [0.29, 0.717) is 11.1 Å². The highest BCUT2D eigenvalue weighted by atomic mass is 19.2. The van der Waals surface area contributed by atoms with Gasteiger partial charge in [-0.05, 0) is 29.4 Å². The number of anilines is 1. The molecule has 0 fully saturated rings. The molecule has 0 aliphatic carbocycles. The first-order chi connectivity index (χ1) is 13.4. The Balaban J connectivity index is 2.10. The molecular weight excluding hydrogens is 374 g/mol. The Labute approximate surface area is 157 Å². The molecule has 1 heterocycles. The normalized spacial score (nSPS) is 11.4. The van der Waals surface area contributed by atoms with Crippen molar-refractivity contribution in [2.24, 2.45) is 5.16 Å². The molecule has 2 aromatic carbocycles. The van der Waals surface area contributed by atoms with Crippen molar-refractivity contribution < 1.29 is 32.4 Å². The maximum atomic E-state index is 13.4. The lowest BCUT2D eigenvalue weighted by Gasteiger charge is -2.08. The van der Waals surface area contributed by atoms with Crippen LogP contribution in [0.4, 0.5) is 14.5 Å². The van der Waals surface area contributed by atoms with Crippen molar-refractivity contribution in [2.75, 3.05) is 12.4 Å². The van der Waals surface area contributed by atoms with Crippen molar-refractivity contribution >= 4 is 28.5 Å². The molecular formula is C19H14F2N2O5. The first-order valence-corrected chi connectivity index (χ1v) is 7.98. The van der Waals surface area contributed by atoms with E-state index in [1.54, 1.807) is 18.2 Å². The summed E-state index contributed by atoms with van der Waals surface area (Å²) in [5.74, 6) is -3.23. The zero-order valence-corrected chi connectivity index (χ0v) is 14.8. The zero-order chi connectivity index (χ0) is 20.3. The van der Waals surface area contributed by atoms with Crippen LogP contribution in [0.2, 0.25) is 0 Å². The molecule has 0 saturated heterocycles. The third kappa shape index (κ3) is 3.98. The van der Waals surface area contributed by atoms with Crippen LogP contribution in [0.25, 0.3) is 11.0 Å². The molecule has 0 saturated carbocycles. The third-order valence-corrected chi connectivity index (χ3v) is 3.64. The second-order valence-corrected chi connectivity index (χ2v) is 5.60. The quantitative estimate of drug-likeness (QED) is 0.547. The van der Waals surface area contributed by atoms with Gasteiger partial charge >= 0.3 is 5.97 Å². The summed E-state index contributed by atoms with van der Waals surface area (Å²) in [6.45, 7) is 1.13. The average molecular weight is 388 g/mol. The Morgan fingerprint density at radius 3 is 2.57 bits per heavy atom. The maximum Gasteiger partial charge on any atom is 0.332 e. The van der Waals surface area contributed by atoms with Crippen LogP contribution in [-0.4, -0.2) is 19.0 Å². The average Bonchev–Trinajstić information content (AvgIpc) is 2.67. The van der Waals surface area contributed by atoms with E-state index in [0.717, 1.165) is 19.1 Å². The molecule has 28 heavy (non-hydrogen) atoms. The summed E-state index contributed by atoms with van der Waals surface area (Å²) in [6, 6.07) is 9.35. The summed E-state index contributed by atoms with van der Waals surface area (Å²) in [4.78, 5) is 28.3. The van der Waals surface area contributed by atoms with E-state index >= 15 is 0 Å². The number of carbonyl (C=O) groups excluding carboxylic acids is 2. The van der Waals surface area contributed by atoms with Gasteiger partial charge in [-0.15, -0.1) is 0 Å². The summed E-state index contributed by atoms with van der Waals surface area (Å²) < 4.78 is 37.3. The number of amides is 1. The largest absolute Gasteiger partial charge is 0.493 e. The molecule has 0 unspecified atom stereocenters. The smallest absolute Gasteiger partial charge is 0.332 e. The van der Waals surface area contributed by atoms with E-state index in [1.807, 2.05) is 0 Å². The molecule has 144 valence electrons. The fourth-order valence-corrected chi connectivity index (χ4v) is 2.39. The lowest BCUT2D eigenvalue weighted by Crippen LogP contribution is -2.22. The van der Waals surface area contributed by atoms with Crippen LogP contribution >= 0.6 is 0 Å². The molecule has 3 aromatic rings. The van der Waals surface area contributed by atoms with Crippen LogP contribution in [0.15, 0.2) is 52.0 Å². The van der Waals surface area contributed by atoms with Crippen LogP contribution < -0.4 is 15.6 Å². The van der Waals surface area contributed by atoms with Gasteiger partial charge in [0, 0.05) is 24.1 Å². The third-order valence-electron chi connectivity index (χ3n) is 3.64. The van der Waals surface area contributed by atoms with E-state index in [9.17, 15) is 18.4 Å². The van der Waals surface area contributed by atoms with Crippen LogP contribution in [0, 0.1) is 11.6 Å². The summed E-state index contributed by atoms with van der Waals surface area (Å²) >= 11 is 0. The minimum Gasteiger partial charge on any atom is -0.493 e. The number of para-hydroxylation sites is 1. The van der Waals surface area contributed by atoms with Crippen LogP contribution in [0.5, 0.6) is 5.75 Å². The van der Waals surface area contributed by atoms with Gasteiger partial charge in [-0.1, -0.05) is 12.1 Å². The fourth-order valence-electron chi connectivity index (χ4n) is 2.39. The van der Waals surface area contributed by atoms with Crippen LogP contribution in [0.3, 0.4) is 0 Å². The van der Waals surface area contributed by atoms with Crippen molar-refractivity contribution in [3.63, 3.8) is 0 Å². The first-order valence-electron chi connectivity index (χ1n) is 7.98. The van der Waals surface area contributed by atoms with Crippen molar-refractivity contribution in [3.8, 4) is 5.75 Å². The predicted molar refractivity (Wildman–Crippen MR) is 94.4 cm³/mol. The lowest BCUT2D eigenvalue weighted by molar-refractivity contribution is -0.141. The van der Waals surface area contributed by atoms with Gasteiger partial charge in [-0.25, -0.2) is 13.6 Å². The summed E-state index contributed by atoms with van der Waals surface area (Å²) in [7, 11) is 1.44. The molecule has 1 N–H and O–H groups in total. The van der Waals surface area contributed by atoms with Gasteiger partial charge < -0.3 is 19.3 Å². The number of benzene rings is 2. The van der Waals surface area contributed by atoms with Gasteiger partial charge in [0.2, 0.25) is 0 Å². The topological polar surface area (TPSA) is 90.1 Å². The van der Waals surface area contributed by atoms with Gasteiger partial charge in [0.25, 0.3) is 11.5 Å². The SMILES string of the molecule is COc1cccc2cc(C(=O)Nc3ccc(F)c(F)c3)/c(=N/OC(C)=O)oc12. The highest BCUT2D eigenvalue weighted by Crippen LogP contribution is 2.25. The van der Waals surface area contributed by atoms with E-state index in [-0.39, 0.29) is 22.4 Å². The fraction of sp³-hybridized carbons (Fsp3) is 0.105. The Morgan fingerprint density at radius 2 is 1.89 bits per heavy atom. The van der Waals surface area contributed by atoms with Gasteiger partial charge in [0.15, 0.2) is 23.0 Å². The van der Waals surface area contributed by atoms with Gasteiger partial charge in [-0.2, -0.15) is 0 Å². The molecule has 3 rings (SSSR count). The summed E-state index contributed by atoms with van der Waals surface area (Å²) in [5.41, 5.74) is -0.0904. The number of rotatable bonds is 4. The van der Waals surface area contributed by atoms with Gasteiger partial charge in [0.1, 0.15) is 5.56 Å². The van der Waals surface area contributed by atoms with Crippen LogP contribution in [0.1, 0.15) is 17.3 Å². The Kier molecular flexibility index (Phi) is 5.35. The number of hydrogen-bond acceptors (Lipinski definition) is 6. The highest BCUT2D eigenvalue weighted by molar-refractivity contribution is 6.05. The Hall–Kier alpha value is -3.75. The Morgan fingerprint density at radius 1 is 1.11 bits per heavy atom. The number of hydrogen-bond donors (Lipinski definition) is 1. The monoisotopic (exact) mass is 388 g/mol. The number of methoxy groups -OCH3 is 1. The zero-order valence-electron chi connectivity index (χ0n) is 14.8. The number of halogens is 2. The van der Waals surface area contributed by atoms with E-state index in [1.165, 1.54) is 19.2 Å². The molecule has 0 spiro atoms. The second kappa shape index (κ2) is 7.87. The van der Waals surface area contributed by atoms with E-state index < -0.39 is 23.5 Å². The Bertz CT molecular complexity index is 1140. The number of nitrogens with zero attached hydrogens (tertiary/aromatic N) is 1.